The van der Waals surface area contributed by atoms with Crippen LogP contribution in [0.15, 0.2) is 51.7 Å². The number of aryl methyl sites for hydroxylation is 3. The minimum atomic E-state index is -0.363. The van der Waals surface area contributed by atoms with Crippen molar-refractivity contribution in [3.63, 3.8) is 0 Å². The average Bonchev–Trinajstić information content (AvgIpc) is 2.79. The van der Waals surface area contributed by atoms with Crippen LogP contribution in [0.2, 0.25) is 0 Å². The molecule has 2 heterocycles. The lowest BCUT2D eigenvalue weighted by Gasteiger charge is -2.31. The highest BCUT2D eigenvalue weighted by Crippen LogP contribution is 2.37. The van der Waals surface area contributed by atoms with Crippen LogP contribution in [0.5, 0.6) is 5.75 Å². The van der Waals surface area contributed by atoms with Crippen molar-refractivity contribution in [3.8, 4) is 5.75 Å². The zero-order chi connectivity index (χ0) is 22.5. The predicted octanol–water partition coefficient (Wildman–Crippen LogP) is 4.38. The summed E-state index contributed by atoms with van der Waals surface area (Å²) in [7, 11) is 0. The third-order valence-corrected chi connectivity index (χ3v) is 5.82. The van der Waals surface area contributed by atoms with Crippen molar-refractivity contribution in [1.82, 2.24) is 4.90 Å². The molecule has 0 radical (unpaired) electrons. The summed E-state index contributed by atoms with van der Waals surface area (Å²) in [5.41, 5.74) is 4.22. The molecule has 32 heavy (non-hydrogen) atoms. The minimum Gasteiger partial charge on any atom is -0.477 e. The second kappa shape index (κ2) is 10.0. The number of hydrogen-bond donors (Lipinski definition) is 0. The van der Waals surface area contributed by atoms with Crippen molar-refractivity contribution in [2.45, 2.75) is 46.1 Å². The van der Waals surface area contributed by atoms with Crippen LogP contribution >= 0.6 is 0 Å². The number of nitrogens with zero attached hydrogens (tertiary/aromatic N) is 1. The van der Waals surface area contributed by atoms with Gasteiger partial charge in [0.1, 0.15) is 18.1 Å². The van der Waals surface area contributed by atoms with E-state index in [-0.39, 0.29) is 18.0 Å². The molecule has 0 saturated carbocycles. The van der Waals surface area contributed by atoms with Crippen molar-refractivity contribution in [2.24, 2.45) is 0 Å². The molecule has 6 heteroatoms. The molecule has 0 saturated heterocycles. The number of carbonyl (C=O) groups is 1. The number of ether oxygens (including phenoxy) is 2. The molecule has 1 aromatic heterocycles. The number of carbonyl (C=O) groups excluding carboxylic acids is 1. The molecule has 0 unspecified atom stereocenters. The lowest BCUT2D eigenvalue weighted by atomic mass is 9.97. The molecule has 3 aromatic rings. The van der Waals surface area contributed by atoms with Crippen molar-refractivity contribution < 1.29 is 18.7 Å². The molecule has 0 fully saturated rings. The molecule has 0 aliphatic carbocycles. The Hall–Kier alpha value is -3.12. The summed E-state index contributed by atoms with van der Waals surface area (Å²) in [5, 5.41) is 0.886. The van der Waals surface area contributed by atoms with E-state index in [4.69, 9.17) is 13.9 Å². The monoisotopic (exact) mass is 435 g/mol. The Bertz CT molecular complexity index is 1150. The van der Waals surface area contributed by atoms with Gasteiger partial charge in [-0.25, -0.2) is 4.79 Å². The largest absolute Gasteiger partial charge is 0.477 e. The average molecular weight is 436 g/mol. The van der Waals surface area contributed by atoms with Gasteiger partial charge in [-0.15, -0.1) is 0 Å². The fourth-order valence-corrected chi connectivity index (χ4v) is 4.26. The van der Waals surface area contributed by atoms with E-state index in [9.17, 15) is 9.59 Å². The lowest BCUT2D eigenvalue weighted by Crippen LogP contribution is -2.33. The Labute approximate surface area is 187 Å². The van der Waals surface area contributed by atoms with Crippen LogP contribution in [0, 0.1) is 6.92 Å². The SMILES string of the molecule is CCOC(=O)CCc1cc2c(C)cc(=O)oc2c2c1OCN(CCCc1ccccc1)C2. The maximum absolute atomic E-state index is 12.1. The Morgan fingerprint density at radius 1 is 1.16 bits per heavy atom. The lowest BCUT2D eigenvalue weighted by molar-refractivity contribution is -0.143. The first-order valence-electron chi connectivity index (χ1n) is 11.2. The van der Waals surface area contributed by atoms with Gasteiger partial charge in [0.25, 0.3) is 0 Å². The van der Waals surface area contributed by atoms with Gasteiger partial charge in [-0.1, -0.05) is 30.3 Å². The minimum absolute atomic E-state index is 0.226. The van der Waals surface area contributed by atoms with Gasteiger partial charge in [0, 0.05) is 31.0 Å². The fourth-order valence-electron chi connectivity index (χ4n) is 4.26. The standard InChI is InChI=1S/C26H29NO5/c1-3-30-23(28)12-11-20-15-21-18(2)14-24(29)32-26(21)22-16-27(17-31-25(20)22)13-7-10-19-8-5-4-6-9-19/h4-6,8-9,14-15H,3,7,10-13,16-17H2,1-2H3. The Morgan fingerprint density at radius 2 is 1.97 bits per heavy atom. The molecular weight excluding hydrogens is 406 g/mol. The van der Waals surface area contributed by atoms with Gasteiger partial charge in [-0.05, 0) is 55.9 Å². The second-order valence-electron chi connectivity index (χ2n) is 8.19. The van der Waals surface area contributed by atoms with E-state index >= 15 is 0 Å². The van der Waals surface area contributed by atoms with Crippen molar-refractivity contribution in [3.05, 3.63) is 75.1 Å². The third-order valence-electron chi connectivity index (χ3n) is 5.82. The van der Waals surface area contributed by atoms with Crippen LogP contribution in [0.1, 0.15) is 42.0 Å². The number of rotatable bonds is 8. The summed E-state index contributed by atoms with van der Waals surface area (Å²) < 4.78 is 16.9. The van der Waals surface area contributed by atoms with E-state index in [2.05, 4.69) is 29.2 Å². The first kappa shape index (κ1) is 22.1. The molecule has 6 nitrogen and oxygen atoms in total. The number of hydrogen-bond acceptors (Lipinski definition) is 6. The molecule has 168 valence electrons. The van der Waals surface area contributed by atoms with Crippen LogP contribution < -0.4 is 10.4 Å². The van der Waals surface area contributed by atoms with Crippen molar-refractivity contribution >= 4 is 16.9 Å². The predicted molar refractivity (Wildman–Crippen MR) is 123 cm³/mol. The molecule has 0 spiro atoms. The Balaban J connectivity index is 1.58. The third kappa shape index (κ3) is 5.02. The summed E-state index contributed by atoms with van der Waals surface area (Å²) in [6.45, 7) is 6.06. The summed E-state index contributed by atoms with van der Waals surface area (Å²) >= 11 is 0. The smallest absolute Gasteiger partial charge is 0.336 e. The molecule has 2 aromatic carbocycles. The van der Waals surface area contributed by atoms with E-state index < -0.39 is 0 Å². The summed E-state index contributed by atoms with van der Waals surface area (Å²) in [5.74, 6) is 0.505. The second-order valence-corrected chi connectivity index (χ2v) is 8.19. The van der Waals surface area contributed by atoms with Crippen LogP contribution in [0.3, 0.4) is 0 Å². The van der Waals surface area contributed by atoms with Gasteiger partial charge >= 0.3 is 11.6 Å². The normalized spacial score (nSPS) is 13.6. The van der Waals surface area contributed by atoms with E-state index in [0.29, 0.717) is 31.9 Å². The van der Waals surface area contributed by atoms with Crippen molar-refractivity contribution in [1.29, 1.82) is 0 Å². The van der Waals surface area contributed by atoms with Gasteiger partial charge < -0.3 is 13.9 Å². The summed E-state index contributed by atoms with van der Waals surface area (Å²) in [6.07, 6.45) is 2.81. The maximum atomic E-state index is 12.1. The van der Waals surface area contributed by atoms with Crippen LogP contribution in [-0.2, 0) is 28.9 Å². The van der Waals surface area contributed by atoms with Gasteiger partial charge in [0.05, 0.1) is 12.2 Å². The van der Waals surface area contributed by atoms with E-state index in [1.165, 1.54) is 11.6 Å². The Morgan fingerprint density at radius 3 is 2.75 bits per heavy atom. The fraction of sp³-hybridized carbons (Fsp3) is 0.385. The molecule has 4 rings (SSSR count). The number of fused-ring (bicyclic) bond motifs is 3. The number of benzene rings is 2. The van der Waals surface area contributed by atoms with Gasteiger partial charge in [-0.3, -0.25) is 9.69 Å². The first-order valence-corrected chi connectivity index (χ1v) is 11.2. The highest BCUT2D eigenvalue weighted by molar-refractivity contribution is 5.86. The zero-order valence-corrected chi connectivity index (χ0v) is 18.7. The van der Waals surface area contributed by atoms with Crippen LogP contribution in [0.4, 0.5) is 0 Å². The van der Waals surface area contributed by atoms with E-state index in [1.807, 2.05) is 19.1 Å². The topological polar surface area (TPSA) is 69.0 Å². The van der Waals surface area contributed by atoms with E-state index in [0.717, 1.165) is 47.2 Å². The highest BCUT2D eigenvalue weighted by Gasteiger charge is 2.25. The molecule has 1 aliphatic rings. The summed E-state index contributed by atoms with van der Waals surface area (Å²) in [6, 6.07) is 13.9. The molecule has 0 amide bonds. The molecule has 0 bridgehead atoms. The molecule has 0 atom stereocenters. The van der Waals surface area contributed by atoms with Gasteiger partial charge in [-0.2, -0.15) is 0 Å². The maximum Gasteiger partial charge on any atom is 0.336 e. The quantitative estimate of drug-likeness (QED) is 0.386. The molecule has 1 aliphatic heterocycles. The zero-order valence-electron chi connectivity index (χ0n) is 18.7. The molecule has 0 N–H and O–H groups in total. The number of esters is 1. The van der Waals surface area contributed by atoms with Crippen LogP contribution in [-0.4, -0.2) is 30.8 Å². The summed E-state index contributed by atoms with van der Waals surface area (Å²) in [4.78, 5) is 26.2. The Kier molecular flexibility index (Phi) is 6.90. The molecular formula is C26H29NO5. The van der Waals surface area contributed by atoms with Crippen LogP contribution in [0.25, 0.3) is 11.0 Å². The van der Waals surface area contributed by atoms with Gasteiger partial charge in [0.15, 0.2) is 0 Å². The first-order chi connectivity index (χ1) is 15.5. The van der Waals surface area contributed by atoms with E-state index in [1.54, 1.807) is 6.92 Å². The van der Waals surface area contributed by atoms with Gasteiger partial charge in [0.2, 0.25) is 0 Å². The highest BCUT2D eigenvalue weighted by atomic mass is 16.5. The van der Waals surface area contributed by atoms with Crippen molar-refractivity contribution in [2.75, 3.05) is 19.9 Å².